The van der Waals surface area contributed by atoms with Crippen LogP contribution >= 0.6 is 0 Å². The maximum atomic E-state index is 5.68. The molecule has 2 aromatic carbocycles. The SMILES string of the molecule is Cc1ccccc1OCCOc1ccc(CCN)cc1. The van der Waals surface area contributed by atoms with Crippen molar-refractivity contribution >= 4 is 0 Å². The van der Waals surface area contributed by atoms with Gasteiger partial charge in [-0.3, -0.25) is 0 Å². The second kappa shape index (κ2) is 7.56. The van der Waals surface area contributed by atoms with E-state index in [2.05, 4.69) is 0 Å². The lowest BCUT2D eigenvalue weighted by molar-refractivity contribution is 0.216. The van der Waals surface area contributed by atoms with E-state index in [0.717, 1.165) is 23.5 Å². The van der Waals surface area contributed by atoms with Crippen LogP contribution in [0.3, 0.4) is 0 Å². The van der Waals surface area contributed by atoms with Crippen LogP contribution in [0.25, 0.3) is 0 Å². The third kappa shape index (κ3) is 4.28. The second-order valence-corrected chi connectivity index (χ2v) is 4.65. The van der Waals surface area contributed by atoms with Crippen LogP contribution in [0.5, 0.6) is 11.5 Å². The second-order valence-electron chi connectivity index (χ2n) is 4.65. The maximum absolute atomic E-state index is 5.68. The van der Waals surface area contributed by atoms with E-state index in [1.165, 1.54) is 5.56 Å². The minimum absolute atomic E-state index is 0.532. The fourth-order valence-electron chi connectivity index (χ4n) is 1.95. The van der Waals surface area contributed by atoms with Crippen LogP contribution in [-0.2, 0) is 6.42 Å². The van der Waals surface area contributed by atoms with E-state index < -0.39 is 0 Å². The number of nitrogens with two attached hydrogens (primary N) is 1. The molecular formula is C17H21NO2. The Morgan fingerprint density at radius 1 is 0.900 bits per heavy atom. The molecule has 0 amide bonds. The van der Waals surface area contributed by atoms with Crippen molar-refractivity contribution in [2.45, 2.75) is 13.3 Å². The molecule has 3 heteroatoms. The van der Waals surface area contributed by atoms with Gasteiger partial charge in [-0.15, -0.1) is 0 Å². The summed E-state index contributed by atoms with van der Waals surface area (Å²) < 4.78 is 11.3. The van der Waals surface area contributed by atoms with E-state index in [0.29, 0.717) is 19.8 Å². The Hall–Kier alpha value is -2.00. The van der Waals surface area contributed by atoms with Gasteiger partial charge in [-0.1, -0.05) is 30.3 Å². The van der Waals surface area contributed by atoms with Crippen LogP contribution in [0.15, 0.2) is 48.5 Å². The van der Waals surface area contributed by atoms with Gasteiger partial charge in [0.25, 0.3) is 0 Å². The first-order valence-electron chi connectivity index (χ1n) is 6.90. The molecule has 0 spiro atoms. The van der Waals surface area contributed by atoms with Crippen molar-refractivity contribution in [2.24, 2.45) is 5.73 Å². The van der Waals surface area contributed by atoms with Gasteiger partial charge in [0.15, 0.2) is 0 Å². The summed E-state index contributed by atoms with van der Waals surface area (Å²) in [7, 11) is 0. The minimum atomic E-state index is 0.532. The van der Waals surface area contributed by atoms with Crippen molar-refractivity contribution in [3.05, 3.63) is 59.7 Å². The molecular weight excluding hydrogens is 250 g/mol. The summed E-state index contributed by atoms with van der Waals surface area (Å²) in [5.41, 5.74) is 7.89. The first-order chi connectivity index (χ1) is 9.79. The average Bonchev–Trinajstić information content (AvgIpc) is 2.47. The quantitative estimate of drug-likeness (QED) is 0.787. The summed E-state index contributed by atoms with van der Waals surface area (Å²) in [6.45, 7) is 3.77. The Labute approximate surface area is 120 Å². The molecule has 0 radical (unpaired) electrons. The monoisotopic (exact) mass is 271 g/mol. The normalized spacial score (nSPS) is 10.3. The standard InChI is InChI=1S/C17H21NO2/c1-14-4-2-3-5-17(14)20-13-12-19-16-8-6-15(7-9-16)10-11-18/h2-9H,10-13,18H2,1H3. The highest BCUT2D eigenvalue weighted by Gasteiger charge is 1.98. The lowest BCUT2D eigenvalue weighted by atomic mass is 10.1. The minimum Gasteiger partial charge on any atom is -0.490 e. The first-order valence-corrected chi connectivity index (χ1v) is 6.90. The van der Waals surface area contributed by atoms with Crippen molar-refractivity contribution in [1.82, 2.24) is 0 Å². The van der Waals surface area contributed by atoms with Gasteiger partial charge in [-0.05, 0) is 49.2 Å². The molecule has 2 N–H and O–H groups in total. The van der Waals surface area contributed by atoms with Crippen molar-refractivity contribution in [1.29, 1.82) is 0 Å². The van der Waals surface area contributed by atoms with E-state index >= 15 is 0 Å². The van der Waals surface area contributed by atoms with E-state index in [1.807, 2.05) is 55.5 Å². The zero-order chi connectivity index (χ0) is 14.2. The van der Waals surface area contributed by atoms with Crippen molar-refractivity contribution < 1.29 is 9.47 Å². The summed E-state index contributed by atoms with van der Waals surface area (Å²) in [6.07, 6.45) is 0.899. The predicted molar refractivity (Wildman–Crippen MR) is 81.4 cm³/mol. The summed E-state index contributed by atoms with van der Waals surface area (Å²) >= 11 is 0. The molecule has 0 fully saturated rings. The topological polar surface area (TPSA) is 44.5 Å². The van der Waals surface area contributed by atoms with Gasteiger partial charge in [0.2, 0.25) is 0 Å². The highest BCUT2D eigenvalue weighted by molar-refractivity contribution is 5.31. The molecule has 20 heavy (non-hydrogen) atoms. The first kappa shape index (κ1) is 14.4. The molecule has 0 aliphatic rings. The zero-order valence-corrected chi connectivity index (χ0v) is 11.8. The molecule has 0 aliphatic carbocycles. The lowest BCUT2D eigenvalue weighted by Gasteiger charge is -2.10. The van der Waals surface area contributed by atoms with Crippen molar-refractivity contribution in [2.75, 3.05) is 19.8 Å². The number of ether oxygens (including phenoxy) is 2. The Morgan fingerprint density at radius 3 is 2.30 bits per heavy atom. The van der Waals surface area contributed by atoms with Crippen LogP contribution in [0, 0.1) is 6.92 Å². The summed E-state index contributed by atoms with van der Waals surface area (Å²) in [6, 6.07) is 16.0. The number of para-hydroxylation sites is 1. The van der Waals surface area contributed by atoms with Gasteiger partial charge in [-0.2, -0.15) is 0 Å². The van der Waals surface area contributed by atoms with E-state index in [4.69, 9.17) is 15.2 Å². The lowest BCUT2D eigenvalue weighted by Crippen LogP contribution is -2.09. The van der Waals surface area contributed by atoms with Gasteiger partial charge in [0.05, 0.1) is 0 Å². The smallest absolute Gasteiger partial charge is 0.122 e. The van der Waals surface area contributed by atoms with Gasteiger partial charge < -0.3 is 15.2 Å². The Balaban J connectivity index is 1.74. The number of aryl methyl sites for hydroxylation is 1. The van der Waals surface area contributed by atoms with Crippen molar-refractivity contribution in [3.63, 3.8) is 0 Å². The highest BCUT2D eigenvalue weighted by Crippen LogP contribution is 2.16. The molecule has 0 atom stereocenters. The molecule has 0 saturated carbocycles. The molecule has 0 heterocycles. The molecule has 3 nitrogen and oxygen atoms in total. The molecule has 0 saturated heterocycles. The highest BCUT2D eigenvalue weighted by atomic mass is 16.5. The fourth-order valence-corrected chi connectivity index (χ4v) is 1.95. The molecule has 2 aromatic rings. The third-order valence-corrected chi connectivity index (χ3v) is 3.06. The van der Waals surface area contributed by atoms with Crippen LogP contribution in [0.4, 0.5) is 0 Å². The number of rotatable bonds is 7. The summed E-state index contributed by atoms with van der Waals surface area (Å²) in [4.78, 5) is 0. The van der Waals surface area contributed by atoms with E-state index in [1.54, 1.807) is 0 Å². The van der Waals surface area contributed by atoms with Gasteiger partial charge in [0, 0.05) is 0 Å². The molecule has 2 rings (SSSR count). The molecule has 0 aliphatic heterocycles. The van der Waals surface area contributed by atoms with Gasteiger partial charge in [0.1, 0.15) is 24.7 Å². The summed E-state index contributed by atoms with van der Waals surface area (Å²) in [5.74, 6) is 1.77. The number of benzene rings is 2. The Kier molecular flexibility index (Phi) is 5.44. The third-order valence-electron chi connectivity index (χ3n) is 3.06. The fraction of sp³-hybridized carbons (Fsp3) is 0.294. The Bertz CT molecular complexity index is 523. The maximum Gasteiger partial charge on any atom is 0.122 e. The average molecular weight is 271 g/mol. The van der Waals surface area contributed by atoms with Gasteiger partial charge in [-0.25, -0.2) is 0 Å². The van der Waals surface area contributed by atoms with Crippen molar-refractivity contribution in [3.8, 4) is 11.5 Å². The molecule has 0 bridgehead atoms. The van der Waals surface area contributed by atoms with Crippen LogP contribution < -0.4 is 15.2 Å². The van der Waals surface area contributed by atoms with Crippen LogP contribution in [-0.4, -0.2) is 19.8 Å². The van der Waals surface area contributed by atoms with E-state index in [-0.39, 0.29) is 0 Å². The largest absolute Gasteiger partial charge is 0.490 e. The zero-order valence-electron chi connectivity index (χ0n) is 11.8. The van der Waals surface area contributed by atoms with Crippen LogP contribution in [0.1, 0.15) is 11.1 Å². The molecule has 0 unspecified atom stereocenters. The van der Waals surface area contributed by atoms with Gasteiger partial charge >= 0.3 is 0 Å². The van der Waals surface area contributed by atoms with E-state index in [9.17, 15) is 0 Å². The molecule has 106 valence electrons. The molecule has 0 aromatic heterocycles. The number of hydrogen-bond acceptors (Lipinski definition) is 3. The predicted octanol–water partition coefficient (Wildman–Crippen LogP) is 2.95. The number of hydrogen-bond donors (Lipinski definition) is 1. The summed E-state index contributed by atoms with van der Waals surface area (Å²) in [5, 5.41) is 0. The Morgan fingerprint density at radius 2 is 1.60 bits per heavy atom. The van der Waals surface area contributed by atoms with Crippen LogP contribution in [0.2, 0.25) is 0 Å².